The van der Waals surface area contributed by atoms with Crippen molar-refractivity contribution in [1.29, 1.82) is 0 Å². The Hall–Kier alpha value is -2.11. The second-order valence-corrected chi connectivity index (χ2v) is 4.97. The van der Waals surface area contributed by atoms with Crippen LogP contribution in [0.25, 0.3) is 0 Å². The number of amides is 1. The maximum atomic E-state index is 11.6. The van der Waals surface area contributed by atoms with Crippen molar-refractivity contribution in [2.45, 2.75) is 20.8 Å². The van der Waals surface area contributed by atoms with E-state index in [0.717, 1.165) is 0 Å². The normalized spacial score (nSPS) is 10.8. The van der Waals surface area contributed by atoms with Gasteiger partial charge in [-0.15, -0.1) is 0 Å². The summed E-state index contributed by atoms with van der Waals surface area (Å²) in [6.07, 6.45) is 1.45. The molecule has 0 aliphatic carbocycles. The molecule has 0 radical (unpaired) electrons. The number of hydrogen-bond donors (Lipinski definition) is 2. The Morgan fingerprint density at radius 3 is 2.55 bits per heavy atom. The lowest BCUT2D eigenvalue weighted by molar-refractivity contribution is -0.128. The Labute approximate surface area is 118 Å². The predicted octanol–water partition coefficient (Wildman–Crippen LogP) is 1.44. The van der Waals surface area contributed by atoms with Crippen LogP contribution in [0, 0.1) is 5.41 Å². The van der Waals surface area contributed by atoms with Gasteiger partial charge in [-0.1, -0.05) is 0 Å². The lowest BCUT2D eigenvalue weighted by Crippen LogP contribution is -2.39. The maximum absolute atomic E-state index is 11.6. The topological polar surface area (TPSA) is 80.3 Å². The summed E-state index contributed by atoms with van der Waals surface area (Å²) in [5, 5.41) is 5.69. The summed E-state index contributed by atoms with van der Waals surface area (Å²) >= 11 is 0. The van der Waals surface area contributed by atoms with Crippen LogP contribution in [0.5, 0.6) is 0 Å². The number of pyridine rings is 1. The number of nitrogens with zero attached hydrogens (tertiary/aromatic N) is 1. The molecule has 0 unspecified atom stereocenters. The van der Waals surface area contributed by atoms with Crippen molar-refractivity contribution in [3.63, 3.8) is 0 Å². The third-order valence-corrected chi connectivity index (χ3v) is 2.83. The van der Waals surface area contributed by atoms with Gasteiger partial charge in [0.15, 0.2) is 0 Å². The first-order valence-corrected chi connectivity index (χ1v) is 6.50. The van der Waals surface area contributed by atoms with Gasteiger partial charge < -0.3 is 15.4 Å². The molecule has 0 fully saturated rings. The van der Waals surface area contributed by atoms with Crippen molar-refractivity contribution in [2.75, 3.05) is 25.5 Å². The van der Waals surface area contributed by atoms with Gasteiger partial charge in [-0.05, 0) is 32.9 Å². The number of carbonyl (C=O) groups excluding carboxylic acids is 2. The molecular weight excluding hydrogens is 258 g/mol. The zero-order valence-electron chi connectivity index (χ0n) is 12.3. The second-order valence-electron chi connectivity index (χ2n) is 4.97. The Morgan fingerprint density at radius 1 is 1.35 bits per heavy atom. The summed E-state index contributed by atoms with van der Waals surface area (Å²) in [6, 6.07) is 3.33. The summed E-state index contributed by atoms with van der Waals surface area (Å²) < 4.78 is 4.88. The molecule has 0 aliphatic rings. The fourth-order valence-electron chi connectivity index (χ4n) is 1.56. The average Bonchev–Trinajstić information content (AvgIpc) is 2.45. The molecule has 0 atom stereocenters. The third-order valence-electron chi connectivity index (χ3n) is 2.83. The van der Waals surface area contributed by atoms with E-state index in [4.69, 9.17) is 4.74 Å². The molecule has 0 aromatic carbocycles. The molecule has 0 aliphatic heterocycles. The second kappa shape index (κ2) is 6.88. The van der Waals surface area contributed by atoms with Crippen LogP contribution >= 0.6 is 0 Å². The monoisotopic (exact) mass is 279 g/mol. The molecule has 1 heterocycles. The molecule has 1 aromatic rings. The maximum Gasteiger partial charge on any atom is 0.339 e. The molecule has 0 bridgehead atoms. The molecule has 0 spiro atoms. The molecule has 1 amide bonds. The van der Waals surface area contributed by atoms with E-state index in [0.29, 0.717) is 24.5 Å². The van der Waals surface area contributed by atoms with Crippen LogP contribution in [-0.2, 0) is 9.53 Å². The van der Waals surface area contributed by atoms with Crippen molar-refractivity contribution >= 4 is 17.7 Å². The van der Waals surface area contributed by atoms with E-state index in [-0.39, 0.29) is 5.91 Å². The van der Waals surface area contributed by atoms with E-state index in [1.54, 1.807) is 26.1 Å². The van der Waals surface area contributed by atoms with Gasteiger partial charge in [0, 0.05) is 19.8 Å². The molecule has 6 heteroatoms. The Balaban J connectivity index is 2.62. The fraction of sp³-hybridized carbons (Fsp3) is 0.500. The molecule has 110 valence electrons. The SMILES string of the molecule is CCOC(=O)c1ccc(NCC(C)(C)C(=O)NC)nc1. The fourth-order valence-corrected chi connectivity index (χ4v) is 1.56. The van der Waals surface area contributed by atoms with Gasteiger partial charge in [0.05, 0.1) is 17.6 Å². The highest BCUT2D eigenvalue weighted by Gasteiger charge is 2.26. The minimum atomic E-state index is -0.545. The summed E-state index contributed by atoms with van der Waals surface area (Å²) in [5.74, 6) is 0.167. The minimum Gasteiger partial charge on any atom is -0.462 e. The molecule has 1 rings (SSSR count). The van der Waals surface area contributed by atoms with Gasteiger partial charge in [0.25, 0.3) is 0 Å². The van der Waals surface area contributed by atoms with Gasteiger partial charge in [-0.25, -0.2) is 9.78 Å². The molecular formula is C14H21N3O3. The van der Waals surface area contributed by atoms with Crippen molar-refractivity contribution in [1.82, 2.24) is 10.3 Å². The number of ether oxygens (including phenoxy) is 1. The smallest absolute Gasteiger partial charge is 0.339 e. The largest absolute Gasteiger partial charge is 0.462 e. The number of anilines is 1. The first-order valence-electron chi connectivity index (χ1n) is 6.50. The lowest BCUT2D eigenvalue weighted by atomic mass is 9.92. The van der Waals surface area contributed by atoms with E-state index in [1.165, 1.54) is 6.20 Å². The first-order chi connectivity index (χ1) is 9.40. The van der Waals surface area contributed by atoms with Crippen LogP contribution in [0.3, 0.4) is 0 Å². The quantitative estimate of drug-likeness (QED) is 0.770. The van der Waals surface area contributed by atoms with E-state index in [9.17, 15) is 9.59 Å². The molecule has 20 heavy (non-hydrogen) atoms. The highest BCUT2D eigenvalue weighted by atomic mass is 16.5. The molecule has 0 saturated carbocycles. The number of aromatic nitrogens is 1. The van der Waals surface area contributed by atoms with Crippen LogP contribution in [0.2, 0.25) is 0 Å². The number of hydrogen-bond acceptors (Lipinski definition) is 5. The van der Waals surface area contributed by atoms with E-state index in [2.05, 4.69) is 15.6 Å². The van der Waals surface area contributed by atoms with E-state index < -0.39 is 11.4 Å². The van der Waals surface area contributed by atoms with Crippen molar-refractivity contribution < 1.29 is 14.3 Å². The van der Waals surface area contributed by atoms with Gasteiger partial charge in [0.1, 0.15) is 5.82 Å². The van der Waals surface area contributed by atoms with Gasteiger partial charge in [-0.3, -0.25) is 4.79 Å². The van der Waals surface area contributed by atoms with Crippen LogP contribution in [0.15, 0.2) is 18.3 Å². The zero-order valence-corrected chi connectivity index (χ0v) is 12.3. The van der Waals surface area contributed by atoms with E-state index in [1.807, 2.05) is 13.8 Å². The third kappa shape index (κ3) is 4.22. The van der Waals surface area contributed by atoms with Crippen LogP contribution in [0.1, 0.15) is 31.1 Å². The van der Waals surface area contributed by atoms with Crippen LogP contribution in [-0.4, -0.2) is 37.1 Å². The van der Waals surface area contributed by atoms with Gasteiger partial charge in [-0.2, -0.15) is 0 Å². The molecule has 1 aromatic heterocycles. The number of esters is 1. The first kappa shape index (κ1) is 15.9. The zero-order chi connectivity index (χ0) is 15.2. The van der Waals surface area contributed by atoms with Crippen molar-refractivity contribution in [3.05, 3.63) is 23.9 Å². The highest BCUT2D eigenvalue weighted by molar-refractivity contribution is 5.89. The summed E-state index contributed by atoms with van der Waals surface area (Å²) in [7, 11) is 1.61. The average molecular weight is 279 g/mol. The standard InChI is InChI=1S/C14H21N3O3/c1-5-20-12(18)10-6-7-11(16-8-10)17-9-14(2,3)13(19)15-4/h6-8H,5,9H2,1-4H3,(H,15,19)(H,16,17). The van der Waals surface area contributed by atoms with Gasteiger partial charge in [0.2, 0.25) is 5.91 Å². The van der Waals surface area contributed by atoms with Crippen LogP contribution in [0.4, 0.5) is 5.82 Å². The number of carbonyl (C=O) groups is 2. The number of rotatable bonds is 6. The molecule has 2 N–H and O–H groups in total. The van der Waals surface area contributed by atoms with Crippen molar-refractivity contribution in [2.24, 2.45) is 5.41 Å². The van der Waals surface area contributed by atoms with E-state index >= 15 is 0 Å². The Morgan fingerprint density at radius 2 is 2.05 bits per heavy atom. The Kier molecular flexibility index (Phi) is 5.49. The highest BCUT2D eigenvalue weighted by Crippen LogP contribution is 2.16. The summed E-state index contributed by atoms with van der Waals surface area (Å²) in [5.41, 5.74) is -0.140. The summed E-state index contributed by atoms with van der Waals surface area (Å²) in [6.45, 7) is 6.21. The Bertz CT molecular complexity index is 469. The summed E-state index contributed by atoms with van der Waals surface area (Å²) in [4.78, 5) is 27.2. The lowest BCUT2D eigenvalue weighted by Gasteiger charge is -2.23. The molecule has 6 nitrogen and oxygen atoms in total. The minimum absolute atomic E-state index is 0.0480. The predicted molar refractivity (Wildman–Crippen MR) is 76.5 cm³/mol. The van der Waals surface area contributed by atoms with Crippen molar-refractivity contribution in [3.8, 4) is 0 Å². The molecule has 0 saturated heterocycles. The van der Waals surface area contributed by atoms with Crippen LogP contribution < -0.4 is 10.6 Å². The van der Waals surface area contributed by atoms with Gasteiger partial charge >= 0.3 is 5.97 Å². The number of nitrogens with one attached hydrogen (secondary N) is 2.